The fourth-order valence-corrected chi connectivity index (χ4v) is 9.06. The van der Waals surface area contributed by atoms with Crippen molar-refractivity contribution in [1.82, 2.24) is 9.80 Å². The molecule has 2 aliphatic rings. The Bertz CT molecular complexity index is 1060. The number of nitrogens with zero attached hydrogens (tertiary/aromatic N) is 2. The van der Waals surface area contributed by atoms with Gasteiger partial charge in [0.05, 0.1) is 11.5 Å². The van der Waals surface area contributed by atoms with Gasteiger partial charge in [0.25, 0.3) is 9.74 Å². The number of rotatable bonds is 11. The molecule has 2 aliphatic heterocycles. The second-order valence-electron chi connectivity index (χ2n) is 6.90. The molecule has 20 heteroatoms. The molecular formula is C14H16N2O14S4. The number of carboxylic acid groups (broad SMARTS) is 2. The summed E-state index contributed by atoms with van der Waals surface area (Å²) in [6, 6.07) is 0. The molecule has 4 amide bonds. The summed E-state index contributed by atoms with van der Waals surface area (Å²) < 4.78 is 67.2. The van der Waals surface area contributed by atoms with E-state index in [0.717, 1.165) is 0 Å². The van der Waals surface area contributed by atoms with Gasteiger partial charge < -0.3 is 10.2 Å². The lowest BCUT2D eigenvalue weighted by atomic mass is 10.3. The number of carboxylic acids is 2. The lowest BCUT2D eigenvalue weighted by Crippen LogP contribution is -2.64. The van der Waals surface area contributed by atoms with Crippen LogP contribution in [-0.4, -0.2) is 103 Å². The molecule has 0 aromatic carbocycles. The van der Waals surface area contributed by atoms with Crippen molar-refractivity contribution in [3.05, 3.63) is 0 Å². The first-order valence-electron chi connectivity index (χ1n) is 8.82. The summed E-state index contributed by atoms with van der Waals surface area (Å²) in [4.78, 5) is 64.4. The highest BCUT2D eigenvalue weighted by molar-refractivity contribution is 8.76. The van der Waals surface area contributed by atoms with Gasteiger partial charge >= 0.3 is 32.2 Å². The van der Waals surface area contributed by atoms with Gasteiger partial charge in [-0.05, 0) is 0 Å². The van der Waals surface area contributed by atoms with E-state index < -0.39 is 103 Å². The van der Waals surface area contributed by atoms with Gasteiger partial charge in [0, 0.05) is 25.7 Å². The molecule has 0 aromatic heterocycles. The average Bonchev–Trinajstić information content (AvgIpc) is 3.18. The molecule has 0 aliphatic carbocycles. The van der Waals surface area contributed by atoms with Gasteiger partial charge in [-0.15, -0.1) is 0 Å². The molecule has 2 rings (SSSR count). The van der Waals surface area contributed by atoms with Gasteiger partial charge in [-0.1, -0.05) is 21.6 Å². The van der Waals surface area contributed by atoms with Gasteiger partial charge in [0.2, 0.25) is 23.6 Å². The summed E-state index contributed by atoms with van der Waals surface area (Å²) in [5.74, 6) is -12.2. The van der Waals surface area contributed by atoms with Crippen LogP contribution in [0.15, 0.2) is 0 Å². The Hall–Kier alpha value is -2.26. The first-order chi connectivity index (χ1) is 15.4. The third-order valence-electron chi connectivity index (χ3n) is 4.94. The number of carbonyl (C=O) groups is 6. The quantitative estimate of drug-likeness (QED) is 0.0915. The van der Waals surface area contributed by atoms with Crippen LogP contribution in [0.5, 0.6) is 0 Å². The summed E-state index contributed by atoms with van der Waals surface area (Å²) >= 11 is 0. The Labute approximate surface area is 198 Å². The number of carbonyl (C=O) groups excluding carboxylic acids is 4. The van der Waals surface area contributed by atoms with Crippen molar-refractivity contribution in [2.75, 3.05) is 11.5 Å². The van der Waals surface area contributed by atoms with Gasteiger partial charge in [0.1, 0.15) is 0 Å². The van der Waals surface area contributed by atoms with E-state index in [9.17, 15) is 64.9 Å². The van der Waals surface area contributed by atoms with Crippen molar-refractivity contribution < 1.29 is 64.9 Å². The molecular weight excluding hydrogens is 548 g/mol. The predicted molar refractivity (Wildman–Crippen MR) is 111 cm³/mol. The fourth-order valence-electron chi connectivity index (χ4n) is 3.25. The number of hydrogen-bond acceptors (Lipinski definition) is 12. The van der Waals surface area contributed by atoms with E-state index in [4.69, 9.17) is 0 Å². The molecule has 0 aromatic rings. The Morgan fingerprint density at radius 3 is 1.09 bits per heavy atom. The lowest BCUT2D eigenvalue weighted by molar-refractivity contribution is -0.156. The van der Waals surface area contributed by atoms with Crippen LogP contribution in [0.3, 0.4) is 0 Å². The minimum atomic E-state index is -5.72. The highest BCUT2D eigenvalue weighted by Crippen LogP contribution is 2.40. The Balaban J connectivity index is 2.43. The molecule has 4 N–H and O–H groups in total. The van der Waals surface area contributed by atoms with Crippen molar-refractivity contribution in [2.45, 2.75) is 35.4 Å². The molecule has 0 bridgehead atoms. The Morgan fingerprint density at radius 2 is 0.912 bits per heavy atom. The Kier molecular flexibility index (Phi) is 7.75. The maximum absolute atomic E-state index is 12.0. The molecule has 0 unspecified atom stereocenters. The van der Waals surface area contributed by atoms with Crippen LogP contribution in [0.25, 0.3) is 0 Å². The normalized spacial score (nSPS) is 21.0. The zero-order valence-electron chi connectivity index (χ0n) is 16.6. The number of aliphatic carboxylic acids is 2. The van der Waals surface area contributed by atoms with Gasteiger partial charge in [-0.3, -0.25) is 28.3 Å². The fraction of sp³-hybridized carbons (Fsp3) is 0.571. The van der Waals surface area contributed by atoms with E-state index in [1.54, 1.807) is 0 Å². The minimum Gasteiger partial charge on any atom is -0.479 e. The molecule has 16 nitrogen and oxygen atoms in total. The zero-order valence-corrected chi connectivity index (χ0v) is 19.9. The first kappa shape index (κ1) is 28.0. The maximum Gasteiger partial charge on any atom is 0.349 e. The summed E-state index contributed by atoms with van der Waals surface area (Å²) in [6.45, 7) is 0. The van der Waals surface area contributed by atoms with E-state index in [1.807, 2.05) is 0 Å². The first-order valence-corrected chi connectivity index (χ1v) is 14.2. The van der Waals surface area contributed by atoms with Gasteiger partial charge in [0.15, 0.2) is 0 Å². The molecule has 2 atom stereocenters. The maximum atomic E-state index is 12.0. The van der Waals surface area contributed by atoms with Crippen molar-refractivity contribution in [3.8, 4) is 0 Å². The molecule has 2 fully saturated rings. The lowest BCUT2D eigenvalue weighted by Gasteiger charge is -2.34. The highest BCUT2D eigenvalue weighted by Gasteiger charge is 2.63. The number of likely N-dealkylation sites (tertiary alicyclic amines) is 2. The second kappa shape index (κ2) is 9.41. The van der Waals surface area contributed by atoms with Crippen molar-refractivity contribution in [3.63, 3.8) is 0 Å². The topological polar surface area (TPSA) is 258 Å². The highest BCUT2D eigenvalue weighted by atomic mass is 33.1. The third kappa shape index (κ3) is 4.40. The predicted octanol–water partition coefficient (Wildman–Crippen LogP) is -2.00. The molecule has 0 saturated carbocycles. The smallest absolute Gasteiger partial charge is 0.349 e. The monoisotopic (exact) mass is 564 g/mol. The van der Waals surface area contributed by atoms with E-state index in [0.29, 0.717) is 0 Å². The molecule has 0 radical (unpaired) electrons. The van der Waals surface area contributed by atoms with E-state index in [2.05, 4.69) is 0 Å². The average molecular weight is 565 g/mol. The standard InChI is InChI=1S/C14H16N2O14S4/c17-7-1-2-8(18)15(7)13(11(21)22,33(25,26)27)5-31-32-6-14(12(23)24,34(28,29)30)16-9(19)3-4-10(16)20/h1-6H2,(H,21,22)(H,23,24)(H,25,26,27)(H,28,29,30)/t13-,14-/m0/s1. The molecule has 2 saturated heterocycles. The Morgan fingerprint density at radius 1 is 0.676 bits per heavy atom. The van der Waals surface area contributed by atoms with Crippen LogP contribution >= 0.6 is 21.6 Å². The molecule has 34 heavy (non-hydrogen) atoms. The summed E-state index contributed by atoms with van der Waals surface area (Å²) in [5, 5.41) is 19.1. The SMILES string of the molecule is O=C1CCC(=O)N1[C@](CSSC[C@](C(=O)O)(N1C(=O)CCC1=O)S(=O)(=O)O)(C(=O)O)S(=O)(=O)O. The van der Waals surface area contributed by atoms with Crippen LogP contribution in [0, 0.1) is 0 Å². The molecule has 2 heterocycles. The zero-order chi connectivity index (χ0) is 26.3. The van der Waals surface area contributed by atoms with Crippen molar-refractivity contribution in [1.29, 1.82) is 0 Å². The van der Waals surface area contributed by atoms with Crippen LogP contribution in [-0.2, 0) is 49.0 Å². The number of hydrogen-bond donors (Lipinski definition) is 4. The van der Waals surface area contributed by atoms with E-state index in [1.165, 1.54) is 0 Å². The largest absolute Gasteiger partial charge is 0.479 e. The van der Waals surface area contributed by atoms with Gasteiger partial charge in [-0.2, -0.15) is 16.8 Å². The van der Waals surface area contributed by atoms with Crippen LogP contribution in [0.4, 0.5) is 0 Å². The van der Waals surface area contributed by atoms with E-state index >= 15 is 0 Å². The van der Waals surface area contributed by atoms with Crippen LogP contribution in [0.1, 0.15) is 25.7 Å². The second-order valence-corrected chi connectivity index (χ2v) is 12.6. The van der Waals surface area contributed by atoms with Crippen LogP contribution < -0.4 is 0 Å². The molecule has 190 valence electrons. The third-order valence-corrected chi connectivity index (χ3v) is 10.5. The summed E-state index contributed by atoms with van der Waals surface area (Å²) in [7, 11) is -11.3. The van der Waals surface area contributed by atoms with Crippen molar-refractivity contribution in [2.24, 2.45) is 0 Å². The summed E-state index contributed by atoms with van der Waals surface area (Å²) in [6.07, 6.45) is -2.20. The van der Waals surface area contributed by atoms with Crippen molar-refractivity contribution >= 4 is 77.4 Å². The number of amides is 4. The summed E-state index contributed by atoms with van der Waals surface area (Å²) in [5.41, 5.74) is 0. The minimum absolute atomic E-state index is 0.0904. The van der Waals surface area contributed by atoms with E-state index in [-0.39, 0.29) is 31.4 Å². The molecule has 0 spiro atoms. The van der Waals surface area contributed by atoms with Crippen LogP contribution in [0.2, 0.25) is 0 Å². The van der Waals surface area contributed by atoms with Gasteiger partial charge in [-0.25, -0.2) is 19.4 Å². The number of imide groups is 2.